The molecule has 0 saturated heterocycles. The molecule has 3 aromatic rings. The molecule has 0 fully saturated rings. The molecule has 156 valence electrons. The average molecular weight is 419 g/mol. The lowest BCUT2D eigenvalue weighted by Gasteiger charge is -2.24. The molecule has 0 saturated carbocycles. The standard InChI is InChI=1S/C21H17N5O5/c1-29-15-8-5-12(9-16(15)30-2)17-14(10-22)20(23)31-21-18(17)19(24-25-21)11-3-6-13(7-4-11)26(27)28/h3-9,17H,23H2,1-2H3,(H,24,25)/t17-/m1/s1. The molecule has 4 rings (SSSR count). The van der Waals surface area contributed by atoms with Crippen LogP contribution < -0.4 is 19.9 Å². The Hall–Kier alpha value is -4.52. The van der Waals surface area contributed by atoms with E-state index in [1.807, 2.05) is 0 Å². The number of allylic oxidation sites excluding steroid dienone is 1. The van der Waals surface area contributed by atoms with Gasteiger partial charge in [-0.15, -0.1) is 5.10 Å². The van der Waals surface area contributed by atoms with Crippen LogP contribution in [-0.4, -0.2) is 29.3 Å². The molecule has 0 aliphatic carbocycles. The molecule has 3 N–H and O–H groups in total. The zero-order chi connectivity index (χ0) is 22.1. The number of nitrogens with one attached hydrogen (secondary N) is 1. The van der Waals surface area contributed by atoms with Crippen molar-refractivity contribution in [2.24, 2.45) is 5.73 Å². The molecule has 0 bridgehead atoms. The number of fused-ring (bicyclic) bond motifs is 1. The topological polar surface area (TPSA) is 149 Å². The number of rotatable bonds is 5. The van der Waals surface area contributed by atoms with Crippen molar-refractivity contribution in [2.75, 3.05) is 14.2 Å². The monoisotopic (exact) mass is 419 g/mol. The third kappa shape index (κ3) is 3.28. The number of nitro benzene ring substituents is 1. The van der Waals surface area contributed by atoms with E-state index < -0.39 is 10.8 Å². The van der Waals surface area contributed by atoms with E-state index in [9.17, 15) is 15.4 Å². The van der Waals surface area contributed by atoms with Crippen LogP contribution in [0.25, 0.3) is 11.3 Å². The number of non-ortho nitro benzene ring substituents is 1. The lowest BCUT2D eigenvalue weighted by Crippen LogP contribution is -2.21. The number of methoxy groups -OCH3 is 2. The minimum atomic E-state index is -0.600. The first-order valence-electron chi connectivity index (χ1n) is 9.11. The Kier molecular flexibility index (Phi) is 4.92. The van der Waals surface area contributed by atoms with E-state index in [1.165, 1.54) is 26.4 Å². The van der Waals surface area contributed by atoms with E-state index in [-0.39, 0.29) is 23.0 Å². The fourth-order valence-electron chi connectivity index (χ4n) is 3.58. The van der Waals surface area contributed by atoms with Crippen LogP contribution in [0.15, 0.2) is 53.9 Å². The van der Waals surface area contributed by atoms with Crippen LogP contribution >= 0.6 is 0 Å². The summed E-state index contributed by atoms with van der Waals surface area (Å²) >= 11 is 0. The number of nitrogens with two attached hydrogens (primary N) is 1. The molecule has 1 atom stereocenters. The van der Waals surface area contributed by atoms with Crippen LogP contribution in [-0.2, 0) is 0 Å². The summed E-state index contributed by atoms with van der Waals surface area (Å²) < 4.78 is 16.3. The fraction of sp³-hybridized carbons (Fsp3) is 0.143. The Bertz CT molecular complexity index is 1240. The second-order valence-corrected chi connectivity index (χ2v) is 6.66. The largest absolute Gasteiger partial charge is 0.493 e. The van der Waals surface area contributed by atoms with Crippen LogP contribution in [0.2, 0.25) is 0 Å². The van der Waals surface area contributed by atoms with Crippen molar-refractivity contribution in [2.45, 2.75) is 5.92 Å². The van der Waals surface area contributed by atoms with Gasteiger partial charge in [0.15, 0.2) is 11.5 Å². The van der Waals surface area contributed by atoms with Crippen molar-refractivity contribution in [3.05, 3.63) is 75.2 Å². The molecule has 0 unspecified atom stereocenters. The van der Waals surface area contributed by atoms with Gasteiger partial charge in [-0.2, -0.15) is 5.26 Å². The van der Waals surface area contributed by atoms with Crippen molar-refractivity contribution in [3.63, 3.8) is 0 Å². The lowest BCUT2D eigenvalue weighted by atomic mass is 9.83. The first kappa shape index (κ1) is 19.8. The van der Waals surface area contributed by atoms with Crippen molar-refractivity contribution in [1.82, 2.24) is 10.2 Å². The predicted molar refractivity (Wildman–Crippen MR) is 110 cm³/mol. The highest BCUT2D eigenvalue weighted by molar-refractivity contribution is 5.71. The minimum absolute atomic E-state index is 0.0355. The number of ether oxygens (including phenoxy) is 3. The maximum absolute atomic E-state index is 11.0. The fourth-order valence-corrected chi connectivity index (χ4v) is 3.58. The summed E-state index contributed by atoms with van der Waals surface area (Å²) in [5.74, 6) is 0.611. The van der Waals surface area contributed by atoms with Gasteiger partial charge in [0, 0.05) is 17.7 Å². The molecule has 0 spiro atoms. The van der Waals surface area contributed by atoms with Gasteiger partial charge < -0.3 is 19.9 Å². The first-order chi connectivity index (χ1) is 15.0. The Balaban J connectivity index is 1.90. The molecular formula is C21H17N5O5. The van der Waals surface area contributed by atoms with E-state index in [4.69, 9.17) is 19.9 Å². The molecule has 31 heavy (non-hydrogen) atoms. The second-order valence-electron chi connectivity index (χ2n) is 6.66. The van der Waals surface area contributed by atoms with Gasteiger partial charge in [0.1, 0.15) is 11.6 Å². The number of nitro groups is 1. The van der Waals surface area contributed by atoms with E-state index in [0.29, 0.717) is 33.9 Å². The van der Waals surface area contributed by atoms with Crippen LogP contribution in [0.3, 0.4) is 0 Å². The SMILES string of the molecule is COc1ccc([C@@H]2C(C#N)=C(N)Oc3n[nH]c(-c4ccc([N+](=O)[O-])cc4)c32)cc1OC. The summed E-state index contributed by atoms with van der Waals surface area (Å²) in [6.07, 6.45) is 0. The van der Waals surface area contributed by atoms with Gasteiger partial charge in [0.2, 0.25) is 11.8 Å². The molecule has 1 aliphatic heterocycles. The third-order valence-electron chi connectivity index (χ3n) is 5.05. The molecular weight excluding hydrogens is 402 g/mol. The summed E-state index contributed by atoms with van der Waals surface area (Å²) in [6.45, 7) is 0. The molecule has 0 amide bonds. The highest BCUT2D eigenvalue weighted by atomic mass is 16.6. The zero-order valence-electron chi connectivity index (χ0n) is 16.6. The molecule has 0 radical (unpaired) electrons. The number of hydrogen-bond acceptors (Lipinski definition) is 8. The summed E-state index contributed by atoms with van der Waals surface area (Å²) in [5, 5.41) is 27.9. The summed E-state index contributed by atoms with van der Waals surface area (Å²) in [7, 11) is 3.05. The number of aromatic amines is 1. The third-order valence-corrected chi connectivity index (χ3v) is 5.05. The quantitative estimate of drug-likeness (QED) is 0.473. The Labute approximate surface area is 176 Å². The van der Waals surface area contributed by atoms with Gasteiger partial charge in [-0.3, -0.25) is 15.2 Å². The molecule has 1 aliphatic rings. The minimum Gasteiger partial charge on any atom is -0.493 e. The van der Waals surface area contributed by atoms with Crippen LogP contribution in [0, 0.1) is 21.4 Å². The molecule has 1 aromatic heterocycles. The Morgan fingerprint density at radius 2 is 1.90 bits per heavy atom. The highest BCUT2D eigenvalue weighted by Gasteiger charge is 2.36. The maximum atomic E-state index is 11.0. The molecule has 2 heterocycles. The Morgan fingerprint density at radius 1 is 1.19 bits per heavy atom. The first-order valence-corrected chi connectivity index (χ1v) is 9.11. The normalized spacial score (nSPS) is 14.9. The Morgan fingerprint density at radius 3 is 2.52 bits per heavy atom. The predicted octanol–water partition coefficient (Wildman–Crippen LogP) is 3.22. The van der Waals surface area contributed by atoms with Crippen molar-refractivity contribution in [1.29, 1.82) is 5.26 Å². The molecule has 10 heteroatoms. The van der Waals surface area contributed by atoms with Crippen LogP contribution in [0.1, 0.15) is 17.0 Å². The van der Waals surface area contributed by atoms with Crippen molar-refractivity contribution >= 4 is 5.69 Å². The van der Waals surface area contributed by atoms with Gasteiger partial charge in [0.05, 0.1) is 36.3 Å². The van der Waals surface area contributed by atoms with Crippen molar-refractivity contribution < 1.29 is 19.1 Å². The van der Waals surface area contributed by atoms with Gasteiger partial charge in [-0.05, 0) is 29.8 Å². The number of nitrogens with zero attached hydrogens (tertiary/aromatic N) is 3. The number of H-pyrrole nitrogens is 1. The van der Waals surface area contributed by atoms with E-state index in [2.05, 4.69) is 16.3 Å². The van der Waals surface area contributed by atoms with Gasteiger partial charge >= 0.3 is 0 Å². The second kappa shape index (κ2) is 7.72. The van der Waals surface area contributed by atoms with Crippen LogP contribution in [0.5, 0.6) is 17.4 Å². The number of aromatic nitrogens is 2. The summed E-state index contributed by atoms with van der Waals surface area (Å²) in [4.78, 5) is 10.5. The maximum Gasteiger partial charge on any atom is 0.269 e. The number of nitriles is 1. The smallest absolute Gasteiger partial charge is 0.269 e. The zero-order valence-corrected chi connectivity index (χ0v) is 16.6. The van der Waals surface area contributed by atoms with Gasteiger partial charge in [-0.25, -0.2) is 0 Å². The van der Waals surface area contributed by atoms with Crippen LogP contribution in [0.4, 0.5) is 5.69 Å². The molecule has 2 aromatic carbocycles. The summed E-state index contributed by atoms with van der Waals surface area (Å²) in [6, 6.07) is 13.4. The average Bonchev–Trinajstić information content (AvgIpc) is 3.20. The van der Waals surface area contributed by atoms with Gasteiger partial charge in [-0.1, -0.05) is 6.07 Å². The van der Waals surface area contributed by atoms with E-state index in [0.717, 1.165) is 0 Å². The molecule has 10 nitrogen and oxygen atoms in total. The number of benzene rings is 2. The van der Waals surface area contributed by atoms with E-state index >= 15 is 0 Å². The van der Waals surface area contributed by atoms with Gasteiger partial charge in [0.25, 0.3) is 5.69 Å². The van der Waals surface area contributed by atoms with Crippen molar-refractivity contribution in [3.8, 4) is 34.7 Å². The summed E-state index contributed by atoms with van der Waals surface area (Å²) in [5.41, 5.74) is 8.70. The van der Waals surface area contributed by atoms with E-state index in [1.54, 1.807) is 30.3 Å². The highest BCUT2D eigenvalue weighted by Crippen LogP contribution is 2.47. The lowest BCUT2D eigenvalue weighted by molar-refractivity contribution is -0.384. The number of hydrogen-bond donors (Lipinski definition) is 2.